The summed E-state index contributed by atoms with van der Waals surface area (Å²) in [5, 5.41) is 2.89. The minimum Gasteiger partial charge on any atom is -0.319 e. The number of nitrogens with zero attached hydrogens (tertiary/aromatic N) is 3. The molecule has 1 unspecified atom stereocenters. The monoisotopic (exact) mass is 356 g/mol. The molecular weight excluding hydrogens is 328 g/mol. The predicted octanol–water partition coefficient (Wildman–Crippen LogP) is 2.69. The molecule has 0 spiro atoms. The van der Waals surface area contributed by atoms with E-state index in [-0.39, 0.29) is 17.5 Å². The van der Waals surface area contributed by atoms with Crippen LogP contribution in [0.15, 0.2) is 35.1 Å². The molecule has 2 aromatic rings. The van der Waals surface area contributed by atoms with Gasteiger partial charge in [0.2, 0.25) is 5.91 Å². The summed E-state index contributed by atoms with van der Waals surface area (Å²) >= 11 is 0. The number of amides is 1. The normalized spacial score (nSPS) is 16.9. The third-order valence-electron chi connectivity index (χ3n) is 5.37. The number of nitrogens with one attached hydrogen (secondary N) is 1. The predicted molar refractivity (Wildman–Crippen MR) is 104 cm³/mol. The van der Waals surface area contributed by atoms with E-state index < -0.39 is 0 Å². The van der Waals surface area contributed by atoms with Gasteiger partial charge >= 0.3 is 0 Å². The van der Waals surface area contributed by atoms with Gasteiger partial charge in [-0.2, -0.15) is 0 Å². The second kappa shape index (κ2) is 7.91. The number of anilines is 1. The van der Waals surface area contributed by atoms with E-state index in [2.05, 4.69) is 10.2 Å². The molecule has 1 amide bonds. The van der Waals surface area contributed by atoms with Gasteiger partial charge in [-0.1, -0.05) is 31.0 Å². The van der Waals surface area contributed by atoms with Crippen molar-refractivity contribution in [1.29, 1.82) is 0 Å². The summed E-state index contributed by atoms with van der Waals surface area (Å²) in [5.74, 6) is -0.113. The van der Waals surface area contributed by atoms with Gasteiger partial charge in [0.15, 0.2) is 0 Å². The highest BCUT2D eigenvalue weighted by Gasteiger charge is 2.25. The lowest BCUT2D eigenvalue weighted by Gasteiger charge is -2.26. The summed E-state index contributed by atoms with van der Waals surface area (Å²) in [5.41, 5.74) is 1.69. The lowest BCUT2D eigenvalue weighted by Crippen LogP contribution is -2.43. The molecule has 6 heteroatoms. The lowest BCUT2D eigenvalue weighted by atomic mass is 10.2. The molecule has 0 radical (unpaired) electrons. The van der Waals surface area contributed by atoms with Crippen molar-refractivity contribution in [2.24, 2.45) is 7.05 Å². The van der Waals surface area contributed by atoms with Gasteiger partial charge in [-0.15, -0.1) is 0 Å². The second-order valence-electron chi connectivity index (χ2n) is 7.05. The minimum absolute atomic E-state index is 0.113. The van der Waals surface area contributed by atoms with Crippen molar-refractivity contribution >= 4 is 11.6 Å². The Bertz CT molecular complexity index is 814. The Morgan fingerprint density at radius 2 is 1.69 bits per heavy atom. The first kappa shape index (κ1) is 18.5. The Morgan fingerprint density at radius 3 is 2.31 bits per heavy atom. The largest absolute Gasteiger partial charge is 0.319 e. The molecule has 140 valence electrons. The third-order valence-corrected chi connectivity index (χ3v) is 5.37. The van der Waals surface area contributed by atoms with Gasteiger partial charge in [-0.3, -0.25) is 19.2 Å². The highest BCUT2D eigenvalue weighted by atomic mass is 16.2. The molecule has 0 saturated carbocycles. The first-order valence-electron chi connectivity index (χ1n) is 9.39. The van der Waals surface area contributed by atoms with Gasteiger partial charge in [-0.05, 0) is 51.9 Å². The van der Waals surface area contributed by atoms with E-state index in [4.69, 9.17) is 0 Å². The molecule has 1 aromatic carbocycles. The lowest BCUT2D eigenvalue weighted by molar-refractivity contribution is -0.120. The molecule has 1 atom stereocenters. The third kappa shape index (κ3) is 3.60. The number of para-hydroxylation sites is 1. The fraction of sp³-hybridized carbons (Fsp3) is 0.500. The standard InChI is InChI=1S/C20H28N4O2/c1-15-18(20(26)24(22(15)3)17-11-7-6-8-12-17)21-19(25)16(2)23-13-9-4-5-10-14-23/h6-8,11-12,16H,4-5,9-10,13-14H2,1-3H3,(H,21,25). The highest BCUT2D eigenvalue weighted by molar-refractivity contribution is 5.95. The van der Waals surface area contributed by atoms with Crippen molar-refractivity contribution in [3.05, 3.63) is 46.4 Å². The van der Waals surface area contributed by atoms with Crippen LogP contribution < -0.4 is 10.9 Å². The maximum absolute atomic E-state index is 12.9. The maximum atomic E-state index is 12.9. The molecule has 1 aromatic heterocycles. The fourth-order valence-corrected chi connectivity index (χ4v) is 3.59. The molecule has 26 heavy (non-hydrogen) atoms. The van der Waals surface area contributed by atoms with Crippen LogP contribution in [0, 0.1) is 6.92 Å². The minimum atomic E-state index is -0.239. The summed E-state index contributed by atoms with van der Waals surface area (Å²) in [6, 6.07) is 9.22. The zero-order valence-corrected chi connectivity index (χ0v) is 15.9. The van der Waals surface area contributed by atoms with Crippen LogP contribution in [0.4, 0.5) is 5.69 Å². The molecule has 1 aliphatic heterocycles. The van der Waals surface area contributed by atoms with E-state index in [1.165, 1.54) is 12.8 Å². The van der Waals surface area contributed by atoms with E-state index in [9.17, 15) is 9.59 Å². The molecule has 3 rings (SSSR count). The smallest absolute Gasteiger partial charge is 0.295 e. The number of hydrogen-bond donors (Lipinski definition) is 1. The van der Waals surface area contributed by atoms with Crippen molar-refractivity contribution < 1.29 is 4.79 Å². The van der Waals surface area contributed by atoms with Crippen LogP contribution in [-0.2, 0) is 11.8 Å². The van der Waals surface area contributed by atoms with Crippen LogP contribution in [-0.4, -0.2) is 39.3 Å². The Labute approximate surface area is 154 Å². The van der Waals surface area contributed by atoms with E-state index >= 15 is 0 Å². The van der Waals surface area contributed by atoms with Gasteiger partial charge in [0, 0.05) is 7.05 Å². The van der Waals surface area contributed by atoms with Gasteiger partial charge in [-0.25, -0.2) is 4.68 Å². The van der Waals surface area contributed by atoms with Crippen LogP contribution in [0.1, 0.15) is 38.3 Å². The van der Waals surface area contributed by atoms with E-state index in [0.717, 1.165) is 37.3 Å². The number of likely N-dealkylation sites (tertiary alicyclic amines) is 1. The number of hydrogen-bond acceptors (Lipinski definition) is 3. The molecule has 0 bridgehead atoms. The summed E-state index contributed by atoms with van der Waals surface area (Å²) < 4.78 is 3.37. The van der Waals surface area contributed by atoms with Crippen LogP contribution in [0.2, 0.25) is 0 Å². The molecule has 2 heterocycles. The molecule has 0 aliphatic carbocycles. The number of carbonyl (C=O) groups excluding carboxylic acids is 1. The van der Waals surface area contributed by atoms with Crippen molar-refractivity contribution in [3.8, 4) is 5.69 Å². The molecule has 6 nitrogen and oxygen atoms in total. The Hall–Kier alpha value is -2.34. The Balaban J connectivity index is 1.84. The first-order valence-corrected chi connectivity index (χ1v) is 9.39. The zero-order chi connectivity index (χ0) is 18.7. The first-order chi connectivity index (χ1) is 12.5. The average Bonchev–Trinajstić information content (AvgIpc) is 2.86. The van der Waals surface area contributed by atoms with Gasteiger partial charge in [0.1, 0.15) is 5.69 Å². The molecular formula is C20H28N4O2. The van der Waals surface area contributed by atoms with E-state index in [1.807, 2.05) is 51.2 Å². The highest BCUT2D eigenvalue weighted by Crippen LogP contribution is 2.16. The average molecular weight is 356 g/mol. The molecule has 1 fully saturated rings. The second-order valence-corrected chi connectivity index (χ2v) is 7.05. The van der Waals surface area contributed by atoms with Crippen LogP contribution in [0.25, 0.3) is 5.69 Å². The molecule has 1 N–H and O–H groups in total. The SMILES string of the molecule is Cc1c(NC(=O)C(C)N2CCCCCC2)c(=O)n(-c2ccccc2)n1C. The van der Waals surface area contributed by atoms with Gasteiger partial charge in [0.05, 0.1) is 17.4 Å². The van der Waals surface area contributed by atoms with Gasteiger partial charge < -0.3 is 5.32 Å². The Morgan fingerprint density at radius 1 is 1.08 bits per heavy atom. The van der Waals surface area contributed by atoms with Crippen molar-refractivity contribution in [3.63, 3.8) is 0 Å². The summed E-state index contributed by atoms with van der Waals surface area (Å²) in [6.45, 7) is 5.66. The summed E-state index contributed by atoms with van der Waals surface area (Å²) in [6.07, 6.45) is 4.71. The molecule has 1 aliphatic rings. The number of carbonyl (C=O) groups is 1. The van der Waals surface area contributed by atoms with Crippen LogP contribution in [0.5, 0.6) is 0 Å². The Kier molecular flexibility index (Phi) is 5.61. The van der Waals surface area contributed by atoms with Crippen molar-refractivity contribution in [2.45, 2.75) is 45.6 Å². The van der Waals surface area contributed by atoms with Crippen LogP contribution in [0.3, 0.4) is 0 Å². The van der Waals surface area contributed by atoms with Crippen molar-refractivity contribution in [1.82, 2.24) is 14.3 Å². The summed E-state index contributed by atoms with van der Waals surface area (Å²) in [4.78, 5) is 27.9. The number of rotatable bonds is 4. The van der Waals surface area contributed by atoms with E-state index in [1.54, 1.807) is 9.36 Å². The van der Waals surface area contributed by atoms with E-state index in [0.29, 0.717) is 5.69 Å². The zero-order valence-electron chi connectivity index (χ0n) is 15.9. The quantitative estimate of drug-likeness (QED) is 0.916. The number of aromatic nitrogens is 2. The topological polar surface area (TPSA) is 59.3 Å². The van der Waals surface area contributed by atoms with Crippen molar-refractivity contribution in [2.75, 3.05) is 18.4 Å². The van der Waals surface area contributed by atoms with Crippen LogP contribution >= 0.6 is 0 Å². The summed E-state index contributed by atoms with van der Waals surface area (Å²) in [7, 11) is 1.83. The fourth-order valence-electron chi connectivity index (χ4n) is 3.59. The maximum Gasteiger partial charge on any atom is 0.295 e. The van der Waals surface area contributed by atoms with Gasteiger partial charge in [0.25, 0.3) is 5.56 Å². The number of benzene rings is 1. The molecule has 1 saturated heterocycles.